The smallest absolute Gasteiger partial charge is 0.330 e. The number of ether oxygens (including phenoxy) is 1. The number of carbonyl (C=O) groups is 2. The summed E-state index contributed by atoms with van der Waals surface area (Å²) in [5.41, 5.74) is 1.74. The second-order valence-electron chi connectivity index (χ2n) is 5.96. The summed E-state index contributed by atoms with van der Waals surface area (Å²) in [6.07, 6.45) is 0. The van der Waals surface area contributed by atoms with E-state index in [-0.39, 0.29) is 12.3 Å². The first-order chi connectivity index (χ1) is 12.4. The normalized spacial score (nSPS) is 10.8. The predicted octanol–water partition coefficient (Wildman–Crippen LogP) is 2.09. The van der Waals surface area contributed by atoms with E-state index >= 15 is 0 Å². The molecule has 0 saturated heterocycles. The van der Waals surface area contributed by atoms with Crippen molar-refractivity contribution in [3.63, 3.8) is 0 Å². The minimum Gasteiger partial charge on any atom is -0.496 e. The molecule has 0 aliphatic rings. The molecule has 1 N–H and O–H groups in total. The van der Waals surface area contributed by atoms with E-state index in [9.17, 15) is 14.4 Å². The minimum atomic E-state index is -1.12. The van der Waals surface area contributed by atoms with Gasteiger partial charge in [-0.3, -0.25) is 18.7 Å². The van der Waals surface area contributed by atoms with Crippen LogP contribution in [0.5, 0.6) is 5.75 Å². The monoisotopic (exact) mass is 354 g/mol. The van der Waals surface area contributed by atoms with Gasteiger partial charge in [-0.1, -0.05) is 23.8 Å². The predicted molar refractivity (Wildman–Crippen MR) is 95.9 cm³/mol. The van der Waals surface area contributed by atoms with E-state index in [1.807, 2.05) is 13.0 Å². The fraction of sp³-hybridized carbons (Fsp3) is 0.211. The van der Waals surface area contributed by atoms with Crippen molar-refractivity contribution in [3.05, 3.63) is 64.1 Å². The Kier molecular flexibility index (Phi) is 4.62. The van der Waals surface area contributed by atoms with Crippen molar-refractivity contribution in [1.29, 1.82) is 0 Å². The third-order valence-electron chi connectivity index (χ3n) is 4.18. The fourth-order valence-electron chi connectivity index (χ4n) is 2.98. The second-order valence-corrected chi connectivity index (χ2v) is 5.96. The Morgan fingerprint density at radius 1 is 1.04 bits per heavy atom. The quantitative estimate of drug-likeness (QED) is 0.685. The highest BCUT2D eigenvalue weighted by Crippen LogP contribution is 2.21. The lowest BCUT2D eigenvalue weighted by Crippen LogP contribution is -2.29. The van der Waals surface area contributed by atoms with Crippen LogP contribution in [0.25, 0.3) is 11.0 Å². The first-order valence-electron chi connectivity index (χ1n) is 8.00. The van der Waals surface area contributed by atoms with E-state index in [1.54, 1.807) is 36.4 Å². The summed E-state index contributed by atoms with van der Waals surface area (Å²) in [5, 5.41) is 9.07. The molecule has 26 heavy (non-hydrogen) atoms. The number of imidazole rings is 1. The summed E-state index contributed by atoms with van der Waals surface area (Å²) in [7, 11) is 1.48. The zero-order valence-electron chi connectivity index (χ0n) is 14.4. The topological polar surface area (TPSA) is 90.5 Å². The average Bonchev–Trinajstić information content (AvgIpc) is 2.87. The number of nitrogens with zero attached hydrogens (tertiary/aromatic N) is 2. The van der Waals surface area contributed by atoms with Gasteiger partial charge in [0.2, 0.25) is 0 Å². The Balaban J connectivity index is 2.08. The lowest BCUT2D eigenvalue weighted by Gasteiger charge is -2.09. The van der Waals surface area contributed by atoms with Crippen LogP contribution < -0.4 is 10.4 Å². The fourth-order valence-corrected chi connectivity index (χ4v) is 2.98. The lowest BCUT2D eigenvalue weighted by atomic mass is 10.1. The molecular formula is C19H18N2O5. The first-order valence-corrected chi connectivity index (χ1v) is 8.00. The van der Waals surface area contributed by atoms with Gasteiger partial charge in [0.05, 0.1) is 30.3 Å². The number of methoxy groups -OCH3 is 1. The number of hydrogen-bond donors (Lipinski definition) is 1. The molecule has 0 bridgehead atoms. The molecule has 0 aliphatic heterocycles. The molecule has 0 unspecified atom stereocenters. The minimum absolute atomic E-state index is 0.203. The number of fused-ring (bicyclic) bond motifs is 1. The summed E-state index contributed by atoms with van der Waals surface area (Å²) >= 11 is 0. The Bertz CT molecular complexity index is 1060. The van der Waals surface area contributed by atoms with Gasteiger partial charge in [-0.05, 0) is 31.2 Å². The molecule has 7 heteroatoms. The average molecular weight is 354 g/mol. The Hall–Kier alpha value is -3.35. The van der Waals surface area contributed by atoms with Gasteiger partial charge in [0.1, 0.15) is 12.3 Å². The van der Waals surface area contributed by atoms with Crippen molar-refractivity contribution in [2.24, 2.45) is 0 Å². The molecule has 1 heterocycles. The summed E-state index contributed by atoms with van der Waals surface area (Å²) in [6, 6.07) is 12.1. The van der Waals surface area contributed by atoms with E-state index in [0.717, 1.165) is 10.1 Å². The van der Waals surface area contributed by atoms with Crippen LogP contribution in [0.2, 0.25) is 0 Å². The van der Waals surface area contributed by atoms with Crippen molar-refractivity contribution >= 4 is 22.8 Å². The van der Waals surface area contributed by atoms with Crippen LogP contribution in [0.3, 0.4) is 0 Å². The van der Waals surface area contributed by atoms with Gasteiger partial charge in [-0.15, -0.1) is 0 Å². The van der Waals surface area contributed by atoms with E-state index in [2.05, 4.69) is 0 Å². The highest BCUT2D eigenvalue weighted by molar-refractivity contribution is 5.99. The largest absolute Gasteiger partial charge is 0.496 e. The molecule has 0 spiro atoms. The number of benzene rings is 2. The molecule has 3 rings (SSSR count). The van der Waals surface area contributed by atoms with E-state index in [0.29, 0.717) is 22.3 Å². The highest BCUT2D eigenvalue weighted by atomic mass is 16.5. The number of aromatic nitrogens is 2. The Morgan fingerprint density at radius 3 is 2.23 bits per heavy atom. The van der Waals surface area contributed by atoms with Crippen molar-refractivity contribution in [1.82, 2.24) is 9.13 Å². The molecule has 134 valence electrons. The van der Waals surface area contributed by atoms with Crippen LogP contribution in [-0.4, -0.2) is 33.1 Å². The Labute approximate surface area is 149 Å². The number of aliphatic carboxylic acids is 1. The van der Waals surface area contributed by atoms with Gasteiger partial charge >= 0.3 is 11.7 Å². The number of carboxylic acids is 1. The van der Waals surface area contributed by atoms with Crippen molar-refractivity contribution in [2.75, 3.05) is 7.11 Å². The molecule has 0 amide bonds. The number of hydrogen-bond acceptors (Lipinski definition) is 4. The van der Waals surface area contributed by atoms with Gasteiger partial charge in [0.25, 0.3) is 0 Å². The molecule has 2 aromatic carbocycles. The van der Waals surface area contributed by atoms with Gasteiger partial charge in [-0.2, -0.15) is 0 Å². The van der Waals surface area contributed by atoms with Gasteiger partial charge in [0, 0.05) is 0 Å². The summed E-state index contributed by atoms with van der Waals surface area (Å²) in [5.74, 6) is -0.976. The van der Waals surface area contributed by atoms with Crippen LogP contribution in [0.15, 0.2) is 47.3 Å². The molecule has 0 atom stereocenters. The molecule has 0 saturated carbocycles. The first kappa shape index (κ1) is 17.5. The molecule has 3 aromatic rings. The number of carboxylic acid groups (broad SMARTS) is 1. The van der Waals surface area contributed by atoms with Crippen LogP contribution in [0.4, 0.5) is 0 Å². The number of aryl methyl sites for hydroxylation is 1. The standard InChI is InChI=1S/C19H18N2O5/c1-12-7-8-17(26-2)13(9-12)16(22)10-20-14-5-3-4-6-15(14)21(19(20)25)11-18(23)24/h3-9H,10-11H2,1-2H3,(H,23,24). The lowest BCUT2D eigenvalue weighted by molar-refractivity contribution is -0.137. The Morgan fingerprint density at radius 2 is 1.65 bits per heavy atom. The number of para-hydroxylation sites is 2. The number of carbonyl (C=O) groups excluding carboxylic acids is 1. The maximum absolute atomic E-state index is 12.8. The summed E-state index contributed by atoms with van der Waals surface area (Å²) in [4.78, 5) is 36.6. The highest BCUT2D eigenvalue weighted by Gasteiger charge is 2.19. The maximum atomic E-state index is 12.8. The van der Waals surface area contributed by atoms with Gasteiger partial charge < -0.3 is 9.84 Å². The SMILES string of the molecule is COc1ccc(C)cc1C(=O)Cn1c(=O)n(CC(=O)O)c2ccccc21. The zero-order chi connectivity index (χ0) is 18.8. The third kappa shape index (κ3) is 3.11. The van der Waals surface area contributed by atoms with Crippen molar-refractivity contribution < 1.29 is 19.4 Å². The summed E-state index contributed by atoms with van der Waals surface area (Å²) in [6.45, 7) is 1.20. The maximum Gasteiger partial charge on any atom is 0.330 e. The van der Waals surface area contributed by atoms with Crippen LogP contribution in [-0.2, 0) is 17.9 Å². The number of Topliss-reactive ketones (excluding diaryl/α,β-unsaturated/α-hetero) is 1. The van der Waals surface area contributed by atoms with Gasteiger partial charge in [0.15, 0.2) is 5.78 Å². The van der Waals surface area contributed by atoms with Crippen LogP contribution >= 0.6 is 0 Å². The van der Waals surface area contributed by atoms with E-state index in [1.165, 1.54) is 11.7 Å². The van der Waals surface area contributed by atoms with E-state index < -0.39 is 18.2 Å². The van der Waals surface area contributed by atoms with Gasteiger partial charge in [-0.25, -0.2) is 4.79 Å². The molecular weight excluding hydrogens is 336 g/mol. The van der Waals surface area contributed by atoms with Crippen LogP contribution in [0, 0.1) is 6.92 Å². The molecule has 0 aliphatic carbocycles. The molecule has 0 radical (unpaired) electrons. The number of rotatable bonds is 6. The number of ketones is 1. The van der Waals surface area contributed by atoms with E-state index in [4.69, 9.17) is 9.84 Å². The zero-order valence-corrected chi connectivity index (χ0v) is 14.4. The van der Waals surface area contributed by atoms with Crippen molar-refractivity contribution in [2.45, 2.75) is 20.0 Å². The third-order valence-corrected chi connectivity index (χ3v) is 4.18. The van der Waals surface area contributed by atoms with Crippen LogP contribution in [0.1, 0.15) is 15.9 Å². The second kappa shape index (κ2) is 6.87. The molecule has 1 aromatic heterocycles. The summed E-state index contributed by atoms with van der Waals surface area (Å²) < 4.78 is 7.69. The molecule has 0 fully saturated rings. The molecule has 7 nitrogen and oxygen atoms in total. The van der Waals surface area contributed by atoms with Crippen molar-refractivity contribution in [3.8, 4) is 5.75 Å².